The highest BCUT2D eigenvalue weighted by Crippen LogP contribution is 2.27. The molecule has 2 atom stereocenters. The van der Waals surface area contributed by atoms with Crippen LogP contribution in [0.5, 0.6) is 5.75 Å². The number of rotatable bonds is 7. The Hall–Kier alpha value is -0.520. The predicted octanol–water partition coefficient (Wildman–Crippen LogP) is 2.89. The molecule has 118 valence electrons. The summed E-state index contributed by atoms with van der Waals surface area (Å²) in [6.45, 7) is 2.22. The molecule has 1 aliphatic rings. The molecule has 0 aliphatic carbocycles. The van der Waals surface area contributed by atoms with Crippen LogP contribution in [0.1, 0.15) is 19.3 Å². The first-order valence-electron chi connectivity index (χ1n) is 7.23. The van der Waals surface area contributed by atoms with Gasteiger partial charge in [0.15, 0.2) is 0 Å². The lowest BCUT2D eigenvalue weighted by molar-refractivity contribution is 0.0141. The van der Waals surface area contributed by atoms with E-state index in [1.165, 1.54) is 6.42 Å². The van der Waals surface area contributed by atoms with Crippen LogP contribution in [0.3, 0.4) is 0 Å². The third-order valence-corrected chi connectivity index (χ3v) is 3.90. The van der Waals surface area contributed by atoms with Crippen LogP contribution < -0.4 is 10.1 Å². The van der Waals surface area contributed by atoms with Crippen LogP contribution in [0.4, 0.5) is 0 Å². The Morgan fingerprint density at radius 2 is 2.24 bits per heavy atom. The van der Waals surface area contributed by atoms with Crippen molar-refractivity contribution < 1.29 is 14.6 Å². The standard InChI is InChI=1S/C15H21Cl2NO3/c16-11-4-5-14(17)15(7-11)21-10-12(19)8-18-9-13-3-1-2-6-20-13/h4-5,7,12-13,18-19H,1-3,6,8-10H2. The van der Waals surface area contributed by atoms with Crippen molar-refractivity contribution in [1.82, 2.24) is 5.32 Å². The molecule has 1 fully saturated rings. The van der Waals surface area contributed by atoms with Gasteiger partial charge in [-0.25, -0.2) is 0 Å². The maximum Gasteiger partial charge on any atom is 0.139 e. The summed E-state index contributed by atoms with van der Waals surface area (Å²) in [7, 11) is 0. The van der Waals surface area contributed by atoms with Gasteiger partial charge >= 0.3 is 0 Å². The largest absolute Gasteiger partial charge is 0.489 e. The van der Waals surface area contributed by atoms with Gasteiger partial charge in [0.2, 0.25) is 0 Å². The zero-order valence-electron chi connectivity index (χ0n) is 11.9. The molecule has 0 radical (unpaired) electrons. The fourth-order valence-electron chi connectivity index (χ4n) is 2.21. The first-order valence-corrected chi connectivity index (χ1v) is 7.99. The summed E-state index contributed by atoms with van der Waals surface area (Å²) in [4.78, 5) is 0. The van der Waals surface area contributed by atoms with Crippen LogP contribution >= 0.6 is 23.2 Å². The summed E-state index contributed by atoms with van der Waals surface area (Å²) < 4.78 is 11.1. The van der Waals surface area contributed by atoms with Gasteiger partial charge in [0.05, 0.1) is 11.1 Å². The number of hydrogen-bond donors (Lipinski definition) is 2. The van der Waals surface area contributed by atoms with E-state index < -0.39 is 6.10 Å². The van der Waals surface area contributed by atoms with E-state index >= 15 is 0 Å². The number of aliphatic hydroxyl groups is 1. The average molecular weight is 334 g/mol. The number of halogens is 2. The maximum absolute atomic E-state index is 9.90. The summed E-state index contributed by atoms with van der Waals surface area (Å²) in [5.74, 6) is 0.485. The van der Waals surface area contributed by atoms with Crippen molar-refractivity contribution in [3.63, 3.8) is 0 Å². The van der Waals surface area contributed by atoms with Crippen molar-refractivity contribution >= 4 is 23.2 Å². The molecule has 1 aliphatic heterocycles. The SMILES string of the molecule is OC(CNCC1CCCCO1)COc1cc(Cl)ccc1Cl. The fourth-order valence-corrected chi connectivity index (χ4v) is 2.55. The Kier molecular flexibility index (Phi) is 7.07. The quantitative estimate of drug-likeness (QED) is 0.805. The van der Waals surface area contributed by atoms with Gasteiger partial charge in [-0.15, -0.1) is 0 Å². The molecule has 2 rings (SSSR count). The van der Waals surface area contributed by atoms with Crippen LogP contribution in [0.15, 0.2) is 18.2 Å². The lowest BCUT2D eigenvalue weighted by Crippen LogP contribution is -2.37. The molecule has 1 heterocycles. The Bertz CT molecular complexity index is 439. The number of aliphatic hydroxyl groups excluding tert-OH is 1. The average Bonchev–Trinajstić information content (AvgIpc) is 2.49. The van der Waals surface area contributed by atoms with Crippen molar-refractivity contribution in [2.24, 2.45) is 0 Å². The van der Waals surface area contributed by atoms with E-state index in [1.807, 2.05) is 0 Å². The minimum absolute atomic E-state index is 0.165. The Morgan fingerprint density at radius 1 is 1.38 bits per heavy atom. The van der Waals surface area contributed by atoms with Crippen LogP contribution in [0.25, 0.3) is 0 Å². The number of benzene rings is 1. The molecule has 0 spiro atoms. The van der Waals surface area contributed by atoms with Gasteiger partial charge in [-0.2, -0.15) is 0 Å². The third-order valence-electron chi connectivity index (χ3n) is 3.35. The minimum Gasteiger partial charge on any atom is -0.489 e. The van der Waals surface area contributed by atoms with Crippen molar-refractivity contribution in [3.05, 3.63) is 28.2 Å². The lowest BCUT2D eigenvalue weighted by Gasteiger charge is -2.23. The number of hydrogen-bond acceptors (Lipinski definition) is 4. The van der Waals surface area contributed by atoms with Crippen molar-refractivity contribution in [1.29, 1.82) is 0 Å². The van der Waals surface area contributed by atoms with E-state index in [0.29, 0.717) is 22.3 Å². The van der Waals surface area contributed by atoms with Gasteiger partial charge in [-0.1, -0.05) is 23.2 Å². The van der Waals surface area contributed by atoms with Crippen LogP contribution in [-0.2, 0) is 4.74 Å². The summed E-state index contributed by atoms with van der Waals surface area (Å²) >= 11 is 11.9. The van der Waals surface area contributed by atoms with E-state index in [1.54, 1.807) is 18.2 Å². The van der Waals surface area contributed by atoms with Gasteiger partial charge in [-0.3, -0.25) is 0 Å². The lowest BCUT2D eigenvalue weighted by atomic mass is 10.1. The Balaban J connectivity index is 1.65. The van der Waals surface area contributed by atoms with Gasteiger partial charge in [0.1, 0.15) is 18.5 Å². The molecule has 0 saturated carbocycles. The van der Waals surface area contributed by atoms with Gasteiger partial charge < -0.3 is 19.9 Å². The molecule has 0 bridgehead atoms. The molecular formula is C15H21Cl2NO3. The van der Waals surface area contributed by atoms with Crippen molar-refractivity contribution in [3.8, 4) is 5.75 Å². The molecule has 2 N–H and O–H groups in total. The molecule has 2 unspecified atom stereocenters. The first-order chi connectivity index (χ1) is 10.1. The minimum atomic E-state index is -0.608. The van der Waals surface area contributed by atoms with Gasteiger partial charge in [0, 0.05) is 30.8 Å². The third kappa shape index (κ3) is 6.01. The van der Waals surface area contributed by atoms with E-state index in [2.05, 4.69) is 5.32 Å². The second-order valence-electron chi connectivity index (χ2n) is 5.19. The smallest absolute Gasteiger partial charge is 0.139 e. The Morgan fingerprint density at radius 3 is 3.00 bits per heavy atom. The highest BCUT2D eigenvalue weighted by molar-refractivity contribution is 6.34. The summed E-state index contributed by atoms with van der Waals surface area (Å²) in [6.07, 6.45) is 3.09. The summed E-state index contributed by atoms with van der Waals surface area (Å²) in [6, 6.07) is 5.00. The van der Waals surface area contributed by atoms with Gasteiger partial charge in [0.25, 0.3) is 0 Å². The van der Waals surface area contributed by atoms with Crippen molar-refractivity contribution in [2.45, 2.75) is 31.5 Å². The molecule has 6 heteroatoms. The highest BCUT2D eigenvalue weighted by atomic mass is 35.5. The van der Waals surface area contributed by atoms with Crippen LogP contribution in [0, 0.1) is 0 Å². The predicted molar refractivity (Wildman–Crippen MR) is 84.4 cm³/mol. The highest BCUT2D eigenvalue weighted by Gasteiger charge is 2.14. The maximum atomic E-state index is 9.90. The molecule has 21 heavy (non-hydrogen) atoms. The molecule has 1 aromatic carbocycles. The molecule has 1 aromatic rings. The first kappa shape index (κ1) is 16.8. The fraction of sp³-hybridized carbons (Fsp3) is 0.600. The zero-order valence-corrected chi connectivity index (χ0v) is 13.4. The molecular weight excluding hydrogens is 313 g/mol. The molecule has 4 nitrogen and oxygen atoms in total. The second-order valence-corrected chi connectivity index (χ2v) is 6.03. The molecule has 0 aromatic heterocycles. The topological polar surface area (TPSA) is 50.7 Å². The monoisotopic (exact) mass is 333 g/mol. The van der Waals surface area contributed by atoms with Crippen molar-refractivity contribution in [2.75, 3.05) is 26.3 Å². The van der Waals surface area contributed by atoms with Gasteiger partial charge in [-0.05, 0) is 31.4 Å². The molecule has 0 amide bonds. The Labute approximate surface area is 135 Å². The van der Waals surface area contributed by atoms with E-state index in [4.69, 9.17) is 32.7 Å². The second kappa shape index (κ2) is 8.81. The van der Waals surface area contributed by atoms with E-state index in [0.717, 1.165) is 26.0 Å². The summed E-state index contributed by atoms with van der Waals surface area (Å²) in [5, 5.41) is 14.1. The number of ether oxygens (including phenoxy) is 2. The zero-order chi connectivity index (χ0) is 15.1. The van der Waals surface area contributed by atoms with E-state index in [9.17, 15) is 5.11 Å². The van der Waals surface area contributed by atoms with E-state index in [-0.39, 0.29) is 12.7 Å². The summed E-state index contributed by atoms with van der Waals surface area (Å²) in [5.41, 5.74) is 0. The molecule has 1 saturated heterocycles. The van der Waals surface area contributed by atoms with Crippen LogP contribution in [-0.4, -0.2) is 43.6 Å². The normalized spacial score (nSPS) is 20.2. The number of nitrogens with one attached hydrogen (secondary N) is 1. The van der Waals surface area contributed by atoms with Crippen LogP contribution in [0.2, 0.25) is 10.0 Å².